The van der Waals surface area contributed by atoms with Crippen LogP contribution in [0, 0.1) is 0 Å². The van der Waals surface area contributed by atoms with Gasteiger partial charge < -0.3 is 5.73 Å². The molecule has 1 rings (SSSR count). The fourth-order valence-electron chi connectivity index (χ4n) is 0.537. The van der Waals surface area contributed by atoms with Gasteiger partial charge in [-0.2, -0.15) is 9.90 Å². The summed E-state index contributed by atoms with van der Waals surface area (Å²) in [6.45, 7) is 4.00. The molecule has 4 nitrogen and oxygen atoms in total. The van der Waals surface area contributed by atoms with E-state index in [4.69, 9.17) is 5.73 Å². The van der Waals surface area contributed by atoms with Crippen LogP contribution in [0.3, 0.4) is 0 Å². The molecule has 0 aliphatic rings. The van der Waals surface area contributed by atoms with E-state index >= 15 is 0 Å². The minimum atomic E-state index is 0. The first-order chi connectivity index (χ1) is 4.20. The number of halogens is 1. The van der Waals surface area contributed by atoms with Crippen LogP contribution in [0.15, 0.2) is 6.20 Å². The van der Waals surface area contributed by atoms with Gasteiger partial charge in [0.1, 0.15) is 0 Å². The summed E-state index contributed by atoms with van der Waals surface area (Å²) in [5.74, 6) is 0.476. The van der Waals surface area contributed by atoms with E-state index in [0.717, 1.165) is 0 Å². The van der Waals surface area contributed by atoms with Crippen molar-refractivity contribution in [3.63, 3.8) is 0 Å². The maximum Gasteiger partial charge on any atom is 0.165 e. The van der Waals surface area contributed by atoms with Crippen molar-refractivity contribution in [3.05, 3.63) is 6.20 Å². The summed E-state index contributed by atoms with van der Waals surface area (Å²) in [4.78, 5) is 1.58. The quantitative estimate of drug-likeness (QED) is 0.667. The molecule has 0 saturated carbocycles. The number of rotatable bonds is 1. The van der Waals surface area contributed by atoms with Crippen LogP contribution in [-0.2, 0) is 0 Å². The molecule has 0 aromatic carbocycles. The molecule has 1 aromatic rings. The van der Waals surface area contributed by atoms with Crippen molar-refractivity contribution >= 4 is 18.2 Å². The van der Waals surface area contributed by atoms with E-state index in [-0.39, 0.29) is 12.4 Å². The van der Waals surface area contributed by atoms with E-state index in [1.807, 2.05) is 13.8 Å². The number of hydrogen-bond acceptors (Lipinski definition) is 3. The molecule has 0 unspecified atom stereocenters. The Morgan fingerprint density at radius 1 is 1.60 bits per heavy atom. The van der Waals surface area contributed by atoms with Gasteiger partial charge in [-0.3, -0.25) is 0 Å². The first-order valence-electron chi connectivity index (χ1n) is 2.87. The third-order valence-corrected chi connectivity index (χ3v) is 0.988. The molecule has 1 aromatic heterocycles. The Morgan fingerprint density at radius 2 is 2.20 bits per heavy atom. The highest BCUT2D eigenvalue weighted by Crippen LogP contribution is 1.99. The Labute approximate surface area is 65.8 Å². The summed E-state index contributed by atoms with van der Waals surface area (Å²) >= 11 is 0. The zero-order valence-corrected chi connectivity index (χ0v) is 6.80. The van der Waals surface area contributed by atoms with Crippen LogP contribution in [0.5, 0.6) is 0 Å². The SMILES string of the molecule is CC(C)n1ncc(N)n1.Cl. The van der Waals surface area contributed by atoms with Gasteiger partial charge in [-0.15, -0.1) is 17.5 Å². The zero-order valence-electron chi connectivity index (χ0n) is 5.98. The lowest BCUT2D eigenvalue weighted by molar-refractivity contribution is 0.467. The van der Waals surface area contributed by atoms with E-state index in [2.05, 4.69) is 10.2 Å². The lowest BCUT2D eigenvalue weighted by Crippen LogP contribution is -2.04. The number of aromatic nitrogens is 3. The minimum absolute atomic E-state index is 0. The first kappa shape index (κ1) is 9.23. The standard InChI is InChI=1S/C5H10N4.ClH/c1-4(2)9-7-3-5(6)8-9;/h3-4H,1-2H3,(H2,6,8);1H. The van der Waals surface area contributed by atoms with Crippen molar-refractivity contribution < 1.29 is 0 Å². The van der Waals surface area contributed by atoms with Crippen molar-refractivity contribution in [2.24, 2.45) is 0 Å². The van der Waals surface area contributed by atoms with E-state index in [1.165, 1.54) is 0 Å². The number of anilines is 1. The lowest BCUT2D eigenvalue weighted by atomic mass is 10.4. The Hall–Kier alpha value is -0.770. The van der Waals surface area contributed by atoms with Gasteiger partial charge in [-0.25, -0.2) is 0 Å². The molecule has 1 heterocycles. The molecule has 0 saturated heterocycles. The van der Waals surface area contributed by atoms with Crippen LogP contribution in [0.4, 0.5) is 5.82 Å². The molecule has 0 spiro atoms. The highest BCUT2D eigenvalue weighted by atomic mass is 35.5. The number of nitrogen functional groups attached to an aromatic ring is 1. The van der Waals surface area contributed by atoms with Gasteiger partial charge in [0.25, 0.3) is 0 Å². The largest absolute Gasteiger partial charge is 0.381 e. The van der Waals surface area contributed by atoms with Crippen LogP contribution < -0.4 is 5.73 Å². The zero-order chi connectivity index (χ0) is 6.85. The van der Waals surface area contributed by atoms with Gasteiger partial charge in [0.05, 0.1) is 12.2 Å². The van der Waals surface area contributed by atoms with Crippen molar-refractivity contribution in [2.75, 3.05) is 5.73 Å². The molecular formula is C5H11ClN4. The highest BCUT2D eigenvalue weighted by Gasteiger charge is 1.98. The average molecular weight is 163 g/mol. The molecule has 5 heteroatoms. The van der Waals surface area contributed by atoms with Crippen molar-refractivity contribution in [3.8, 4) is 0 Å². The predicted molar refractivity (Wildman–Crippen MR) is 42.1 cm³/mol. The lowest BCUT2D eigenvalue weighted by Gasteiger charge is -1.99. The van der Waals surface area contributed by atoms with Gasteiger partial charge in [0.15, 0.2) is 5.82 Å². The predicted octanol–water partition coefficient (Wildman–Crippen LogP) is 0.863. The number of nitrogens with two attached hydrogens (primary N) is 1. The fraction of sp³-hybridized carbons (Fsp3) is 0.600. The number of hydrogen-bond donors (Lipinski definition) is 1. The Bertz CT molecular complexity index is 195. The molecular weight excluding hydrogens is 152 g/mol. The number of nitrogens with zero attached hydrogens (tertiary/aromatic N) is 3. The third kappa shape index (κ3) is 1.88. The molecule has 10 heavy (non-hydrogen) atoms. The first-order valence-corrected chi connectivity index (χ1v) is 2.87. The molecule has 0 amide bonds. The normalized spacial score (nSPS) is 9.50. The van der Waals surface area contributed by atoms with Gasteiger partial charge in [0.2, 0.25) is 0 Å². The van der Waals surface area contributed by atoms with E-state index < -0.39 is 0 Å². The van der Waals surface area contributed by atoms with E-state index in [0.29, 0.717) is 11.9 Å². The summed E-state index contributed by atoms with van der Waals surface area (Å²) in [5, 5.41) is 7.79. The van der Waals surface area contributed by atoms with Gasteiger partial charge in [-0.05, 0) is 13.8 Å². The fourth-order valence-corrected chi connectivity index (χ4v) is 0.537. The Morgan fingerprint density at radius 3 is 2.40 bits per heavy atom. The summed E-state index contributed by atoms with van der Waals surface area (Å²) < 4.78 is 0. The molecule has 0 radical (unpaired) electrons. The minimum Gasteiger partial charge on any atom is -0.381 e. The molecule has 0 fully saturated rings. The van der Waals surface area contributed by atoms with Crippen molar-refractivity contribution in [1.29, 1.82) is 0 Å². The second-order valence-corrected chi connectivity index (χ2v) is 2.18. The third-order valence-electron chi connectivity index (χ3n) is 0.988. The highest BCUT2D eigenvalue weighted by molar-refractivity contribution is 5.85. The Balaban J connectivity index is 0.000000810. The molecule has 0 atom stereocenters. The average Bonchev–Trinajstić information content (AvgIpc) is 2.14. The van der Waals surface area contributed by atoms with Gasteiger partial charge in [-0.1, -0.05) is 0 Å². The maximum atomic E-state index is 5.32. The van der Waals surface area contributed by atoms with Crippen molar-refractivity contribution in [1.82, 2.24) is 15.0 Å². The van der Waals surface area contributed by atoms with Crippen molar-refractivity contribution in [2.45, 2.75) is 19.9 Å². The molecule has 2 N–H and O–H groups in total. The molecule has 0 aliphatic heterocycles. The van der Waals surface area contributed by atoms with Crippen LogP contribution >= 0.6 is 12.4 Å². The maximum absolute atomic E-state index is 5.32. The van der Waals surface area contributed by atoms with E-state index in [9.17, 15) is 0 Å². The molecule has 58 valence electrons. The summed E-state index contributed by atoms with van der Waals surface area (Å²) in [7, 11) is 0. The van der Waals surface area contributed by atoms with E-state index in [1.54, 1.807) is 11.0 Å². The molecule has 0 bridgehead atoms. The summed E-state index contributed by atoms with van der Waals surface area (Å²) in [6.07, 6.45) is 1.54. The van der Waals surface area contributed by atoms with Crippen LogP contribution in [0.25, 0.3) is 0 Å². The smallest absolute Gasteiger partial charge is 0.165 e. The van der Waals surface area contributed by atoms with Gasteiger partial charge in [0, 0.05) is 0 Å². The van der Waals surface area contributed by atoms with Gasteiger partial charge >= 0.3 is 0 Å². The van der Waals surface area contributed by atoms with Crippen LogP contribution in [-0.4, -0.2) is 15.0 Å². The topological polar surface area (TPSA) is 56.7 Å². The second-order valence-electron chi connectivity index (χ2n) is 2.18. The van der Waals surface area contributed by atoms with Crippen LogP contribution in [0.2, 0.25) is 0 Å². The monoisotopic (exact) mass is 162 g/mol. The second kappa shape index (κ2) is 3.41. The Kier molecular flexibility index (Phi) is 3.15. The summed E-state index contributed by atoms with van der Waals surface area (Å²) in [6, 6.07) is 0.294. The molecule has 0 aliphatic carbocycles. The van der Waals surface area contributed by atoms with Crippen LogP contribution in [0.1, 0.15) is 19.9 Å². The summed E-state index contributed by atoms with van der Waals surface area (Å²) in [5.41, 5.74) is 5.32.